The van der Waals surface area contributed by atoms with E-state index in [1.165, 1.54) is 86.8 Å². The molecule has 4 aromatic carbocycles. The maximum absolute atomic E-state index is 13.5. The van der Waals surface area contributed by atoms with Gasteiger partial charge in [-0.25, -0.2) is 16.8 Å². The highest BCUT2D eigenvalue weighted by Crippen LogP contribution is 2.32. The van der Waals surface area contributed by atoms with Crippen LogP contribution < -0.4 is 10.6 Å². The maximum Gasteiger partial charge on any atom is 0.295 e. The molecule has 0 saturated carbocycles. The molecule has 0 atom stereocenters. The van der Waals surface area contributed by atoms with Crippen molar-refractivity contribution in [3.05, 3.63) is 101 Å². The van der Waals surface area contributed by atoms with E-state index in [2.05, 4.69) is 10.6 Å². The molecule has 0 unspecified atom stereocenters. The van der Waals surface area contributed by atoms with E-state index in [-0.39, 0.29) is 84.8 Å². The van der Waals surface area contributed by atoms with Gasteiger partial charge < -0.3 is 20.1 Å². The van der Waals surface area contributed by atoms with Crippen molar-refractivity contribution >= 4 is 89.0 Å². The summed E-state index contributed by atoms with van der Waals surface area (Å²) in [6.45, 7) is 1.77. The Balaban J connectivity index is 1.22. The highest BCUT2D eigenvalue weighted by atomic mass is 32.2. The molecule has 6 rings (SSSR count). The molecule has 15 nitrogen and oxygen atoms in total. The van der Waals surface area contributed by atoms with Crippen LogP contribution in [0.1, 0.15) is 31.8 Å². The highest BCUT2D eigenvalue weighted by Gasteiger charge is 2.31. The summed E-state index contributed by atoms with van der Waals surface area (Å²) >= 11 is 2.46. The molecule has 58 heavy (non-hydrogen) atoms. The van der Waals surface area contributed by atoms with Crippen molar-refractivity contribution in [3.63, 3.8) is 0 Å². The molecular weight excluding hydrogens is 849 g/mol. The predicted octanol–water partition coefficient (Wildman–Crippen LogP) is 5.09. The van der Waals surface area contributed by atoms with E-state index in [4.69, 9.17) is 9.47 Å². The summed E-state index contributed by atoms with van der Waals surface area (Å²) < 4.78 is 103. The van der Waals surface area contributed by atoms with E-state index in [0.29, 0.717) is 21.0 Å². The Kier molecular flexibility index (Phi) is 13.8. The molecule has 3 N–H and O–H groups in total. The Hall–Kier alpha value is -4.09. The largest absolute Gasteiger partial charge is 0.379 e. The molecule has 0 spiro atoms. The Bertz CT molecular complexity index is 2570. The number of morpholine rings is 2. The van der Waals surface area contributed by atoms with Gasteiger partial charge >= 0.3 is 0 Å². The van der Waals surface area contributed by atoms with Gasteiger partial charge in [0.2, 0.25) is 20.0 Å². The molecule has 2 aliphatic heterocycles. The van der Waals surface area contributed by atoms with Crippen molar-refractivity contribution in [2.45, 2.75) is 24.5 Å². The van der Waals surface area contributed by atoms with E-state index >= 15 is 0 Å². The predicted molar refractivity (Wildman–Crippen MR) is 223 cm³/mol. The molecule has 308 valence electrons. The number of ether oxygens (including phenoxy) is 2. The first-order valence-corrected chi connectivity index (χ1v) is 24.4. The fourth-order valence-corrected chi connectivity index (χ4v) is 12.0. The van der Waals surface area contributed by atoms with Crippen LogP contribution in [0.15, 0.2) is 103 Å². The number of nitrogens with one attached hydrogen (secondary N) is 2. The topological polar surface area (TPSA) is 206 Å². The van der Waals surface area contributed by atoms with E-state index in [0.717, 1.165) is 6.07 Å². The number of carbonyl (C=O) groups excluding carboxylic acids is 2. The standard InChI is InChI=1S/C38H40N4O11S5/c1-54-32-13-10-28(23-35(32)56(45,46)41-15-19-52-20-16-41)37(43)39-30-12-9-27(34(25-30)58(49,50)51)8-7-26-5-3-4-6-31(26)40-38(44)29-11-14-33(55-2)36(24-29)57(47,48)42-17-21-53-22-18-42/h3-14,23-25H,15-22H2,1-2H3,(H,39,43)(H,40,44)(H,49,50,51)/b8-7+. The number of hydrogen-bond donors (Lipinski definition) is 3. The highest BCUT2D eigenvalue weighted by molar-refractivity contribution is 7.99. The van der Waals surface area contributed by atoms with E-state index < -0.39 is 46.9 Å². The molecule has 0 radical (unpaired) electrons. The van der Waals surface area contributed by atoms with Crippen LogP contribution in [0.5, 0.6) is 0 Å². The SMILES string of the molecule is CSc1ccc(C(=O)Nc2ccc(/C=C/c3ccccc3NC(=O)c3ccc(SC)c(S(=O)(=O)N4CCOCC4)c3)c(S(=O)(=O)O)c2)cc1S(=O)(=O)N1CCOCC1. The molecule has 2 heterocycles. The van der Waals surface area contributed by atoms with Crippen molar-refractivity contribution in [3.8, 4) is 0 Å². The minimum Gasteiger partial charge on any atom is -0.379 e. The minimum atomic E-state index is -4.84. The summed E-state index contributed by atoms with van der Waals surface area (Å²) in [4.78, 5) is 27.3. The van der Waals surface area contributed by atoms with Gasteiger partial charge in [-0.3, -0.25) is 14.1 Å². The summed E-state index contributed by atoms with van der Waals surface area (Å²) in [5, 5.41) is 5.39. The van der Waals surface area contributed by atoms with Gasteiger partial charge in [-0.2, -0.15) is 17.0 Å². The van der Waals surface area contributed by atoms with Crippen LogP contribution in [0.3, 0.4) is 0 Å². The molecule has 2 saturated heterocycles. The molecule has 2 aliphatic rings. The average Bonchev–Trinajstić information content (AvgIpc) is 3.23. The van der Waals surface area contributed by atoms with Gasteiger partial charge in [-0.15, -0.1) is 23.5 Å². The quantitative estimate of drug-likeness (QED) is 0.0910. The summed E-state index contributed by atoms with van der Waals surface area (Å²) in [5.74, 6) is -1.30. The summed E-state index contributed by atoms with van der Waals surface area (Å²) in [7, 11) is -12.7. The zero-order valence-corrected chi connectivity index (χ0v) is 35.4. The van der Waals surface area contributed by atoms with Crippen LogP contribution in [0, 0.1) is 0 Å². The number of amides is 2. The summed E-state index contributed by atoms with van der Waals surface area (Å²) in [6, 6.07) is 19.2. The van der Waals surface area contributed by atoms with Crippen LogP contribution in [-0.4, -0.2) is 115 Å². The lowest BCUT2D eigenvalue weighted by Gasteiger charge is -2.27. The van der Waals surface area contributed by atoms with Gasteiger partial charge in [-0.05, 0) is 78.2 Å². The van der Waals surface area contributed by atoms with Gasteiger partial charge in [0, 0.05) is 58.5 Å². The average molecular weight is 889 g/mol. The number of thioether (sulfide) groups is 2. The lowest BCUT2D eigenvalue weighted by Crippen LogP contribution is -2.40. The van der Waals surface area contributed by atoms with Crippen molar-refractivity contribution in [2.75, 3.05) is 75.8 Å². The van der Waals surface area contributed by atoms with Crippen LogP contribution in [-0.2, 0) is 39.6 Å². The van der Waals surface area contributed by atoms with Gasteiger partial charge in [0.1, 0.15) is 4.90 Å². The molecule has 0 aromatic heterocycles. The van der Waals surface area contributed by atoms with Crippen LogP contribution in [0.4, 0.5) is 11.4 Å². The molecule has 2 amide bonds. The Morgan fingerprint density at radius 2 is 1.10 bits per heavy atom. The number of rotatable bonds is 13. The fraction of sp³-hybridized carbons (Fsp3) is 0.263. The van der Waals surface area contributed by atoms with Gasteiger partial charge in [0.15, 0.2) is 0 Å². The third kappa shape index (κ3) is 9.84. The van der Waals surface area contributed by atoms with Crippen molar-refractivity contribution in [1.82, 2.24) is 8.61 Å². The normalized spacial score (nSPS) is 16.0. The molecule has 2 fully saturated rings. The minimum absolute atomic E-state index is 0.00933. The number of benzene rings is 4. The maximum atomic E-state index is 13.5. The van der Waals surface area contributed by atoms with Crippen molar-refractivity contribution in [1.29, 1.82) is 0 Å². The van der Waals surface area contributed by atoms with Crippen LogP contribution >= 0.6 is 23.5 Å². The monoisotopic (exact) mass is 888 g/mol. The molecule has 4 aromatic rings. The van der Waals surface area contributed by atoms with Crippen LogP contribution in [0.25, 0.3) is 12.2 Å². The number of carbonyl (C=O) groups is 2. The number of sulfonamides is 2. The second kappa shape index (κ2) is 18.4. The summed E-state index contributed by atoms with van der Waals surface area (Å²) in [5.41, 5.74) is 0.954. The molecule has 20 heteroatoms. The van der Waals surface area contributed by atoms with Crippen molar-refractivity contribution in [2.24, 2.45) is 0 Å². The zero-order chi connectivity index (χ0) is 41.7. The van der Waals surface area contributed by atoms with Crippen molar-refractivity contribution < 1.29 is 48.9 Å². The smallest absolute Gasteiger partial charge is 0.295 e. The van der Waals surface area contributed by atoms with Gasteiger partial charge in [0.05, 0.1) is 36.2 Å². The van der Waals surface area contributed by atoms with E-state index in [1.807, 2.05) is 0 Å². The number of hydrogen-bond acceptors (Lipinski definition) is 12. The number of nitrogens with zero attached hydrogens (tertiary/aromatic N) is 2. The molecule has 0 bridgehead atoms. The third-order valence-corrected chi connectivity index (χ3v) is 15.9. The molecular formula is C38H40N4O11S5. The van der Waals surface area contributed by atoms with E-state index in [9.17, 15) is 39.4 Å². The zero-order valence-electron chi connectivity index (χ0n) is 31.3. The molecule has 0 aliphatic carbocycles. The first-order valence-electron chi connectivity index (χ1n) is 17.7. The van der Waals surface area contributed by atoms with Crippen LogP contribution in [0.2, 0.25) is 0 Å². The Labute approximate surface area is 346 Å². The second-order valence-corrected chi connectivity index (χ2v) is 19.7. The summed E-state index contributed by atoms with van der Waals surface area (Å²) in [6.07, 6.45) is 6.40. The third-order valence-electron chi connectivity index (χ3n) is 9.23. The lowest BCUT2D eigenvalue weighted by atomic mass is 10.1. The first-order chi connectivity index (χ1) is 27.6. The fourth-order valence-electron chi connectivity index (χ4n) is 6.20. The first kappa shape index (κ1) is 43.5. The van der Waals surface area contributed by atoms with E-state index in [1.54, 1.807) is 42.8 Å². The number of anilines is 2. The van der Waals surface area contributed by atoms with Gasteiger partial charge in [0.25, 0.3) is 21.9 Å². The number of para-hydroxylation sites is 1. The Morgan fingerprint density at radius 3 is 1.60 bits per heavy atom. The second-order valence-electron chi connectivity index (χ2n) is 12.8. The van der Waals surface area contributed by atoms with Gasteiger partial charge in [-0.1, -0.05) is 36.4 Å². The lowest BCUT2D eigenvalue weighted by molar-refractivity contribution is 0.0729. The Morgan fingerprint density at radius 1 is 0.621 bits per heavy atom.